The zero-order chi connectivity index (χ0) is 15.9. The Hall–Kier alpha value is -2.38. The summed E-state index contributed by atoms with van der Waals surface area (Å²) in [6.45, 7) is 5.73. The third kappa shape index (κ3) is 3.84. The molecule has 0 aliphatic carbocycles. The van der Waals surface area contributed by atoms with Crippen molar-refractivity contribution in [3.63, 3.8) is 0 Å². The molecule has 0 fully saturated rings. The molecule has 22 heavy (non-hydrogen) atoms. The highest BCUT2D eigenvalue weighted by Crippen LogP contribution is 2.25. The first-order valence-electron chi connectivity index (χ1n) is 7.28. The molecule has 0 aliphatic heterocycles. The first-order chi connectivity index (χ1) is 10.7. The zero-order valence-corrected chi connectivity index (χ0v) is 13.3. The Morgan fingerprint density at radius 2 is 1.91 bits per heavy atom. The molecule has 2 rings (SSSR count). The average Bonchev–Trinajstić information content (AvgIpc) is 2.52. The van der Waals surface area contributed by atoms with Crippen LogP contribution >= 0.6 is 0 Å². The Labute approximate surface area is 132 Å². The Balaban J connectivity index is 2.20. The molecule has 4 nitrogen and oxygen atoms in total. The lowest BCUT2D eigenvalue weighted by Crippen LogP contribution is -2.24. The summed E-state index contributed by atoms with van der Waals surface area (Å²) < 4.78 is 5.45. The van der Waals surface area contributed by atoms with E-state index in [2.05, 4.69) is 28.1 Å². The predicted molar refractivity (Wildman–Crippen MR) is 86.4 cm³/mol. The van der Waals surface area contributed by atoms with Crippen molar-refractivity contribution in [3.8, 4) is 11.8 Å². The number of aryl methyl sites for hydroxylation is 1. The highest BCUT2D eigenvalue weighted by molar-refractivity contribution is 5.41. The molecular formula is C18H21N3O. The van der Waals surface area contributed by atoms with E-state index < -0.39 is 0 Å². The van der Waals surface area contributed by atoms with Crippen molar-refractivity contribution in [2.45, 2.75) is 26.9 Å². The molecule has 2 aromatic rings. The van der Waals surface area contributed by atoms with Crippen LogP contribution in [0.4, 0.5) is 0 Å². The molecule has 0 bridgehead atoms. The Morgan fingerprint density at radius 3 is 2.55 bits per heavy atom. The summed E-state index contributed by atoms with van der Waals surface area (Å²) in [7, 11) is 1.68. The fraction of sp³-hybridized carbons (Fsp3) is 0.333. The van der Waals surface area contributed by atoms with Crippen molar-refractivity contribution in [1.29, 1.82) is 5.26 Å². The lowest BCUT2D eigenvalue weighted by atomic mass is 10.1. The topological polar surface area (TPSA) is 49.1 Å². The van der Waals surface area contributed by atoms with Gasteiger partial charge in [-0.3, -0.25) is 9.88 Å². The van der Waals surface area contributed by atoms with Gasteiger partial charge in [-0.2, -0.15) is 5.26 Å². The van der Waals surface area contributed by atoms with Crippen LogP contribution in [-0.2, 0) is 13.1 Å². The Kier molecular flexibility index (Phi) is 5.51. The molecule has 0 aliphatic rings. The number of nitrogens with zero attached hydrogens (tertiary/aromatic N) is 3. The van der Waals surface area contributed by atoms with E-state index >= 15 is 0 Å². The van der Waals surface area contributed by atoms with Gasteiger partial charge in [-0.05, 0) is 19.4 Å². The maximum atomic E-state index is 9.07. The molecule has 0 N–H and O–H groups in total. The van der Waals surface area contributed by atoms with Gasteiger partial charge in [0.1, 0.15) is 5.75 Å². The van der Waals surface area contributed by atoms with Gasteiger partial charge in [0.15, 0.2) is 0 Å². The quantitative estimate of drug-likeness (QED) is 0.768. The lowest BCUT2D eigenvalue weighted by molar-refractivity contribution is 0.284. The summed E-state index contributed by atoms with van der Waals surface area (Å²) in [5.41, 5.74) is 4.21. The Morgan fingerprint density at radius 1 is 1.18 bits per heavy atom. The van der Waals surface area contributed by atoms with Crippen LogP contribution in [0.25, 0.3) is 0 Å². The highest BCUT2D eigenvalue weighted by Gasteiger charge is 2.13. The summed E-state index contributed by atoms with van der Waals surface area (Å²) in [6.07, 6.45) is 1.83. The second-order valence-electron chi connectivity index (χ2n) is 5.34. The van der Waals surface area contributed by atoms with E-state index in [0.29, 0.717) is 13.1 Å². The van der Waals surface area contributed by atoms with Gasteiger partial charge in [0, 0.05) is 30.4 Å². The molecule has 0 unspecified atom stereocenters. The molecule has 0 spiro atoms. The number of methoxy groups -OCH3 is 1. The molecular weight excluding hydrogens is 274 g/mol. The molecule has 1 aromatic carbocycles. The van der Waals surface area contributed by atoms with Crippen LogP contribution in [0.1, 0.15) is 22.4 Å². The second kappa shape index (κ2) is 7.58. The third-order valence-corrected chi connectivity index (χ3v) is 3.67. The summed E-state index contributed by atoms with van der Waals surface area (Å²) >= 11 is 0. The van der Waals surface area contributed by atoms with Crippen LogP contribution < -0.4 is 4.74 Å². The smallest absolute Gasteiger partial charge is 0.128 e. The zero-order valence-electron chi connectivity index (χ0n) is 13.3. The van der Waals surface area contributed by atoms with Gasteiger partial charge in [-0.1, -0.05) is 30.3 Å². The maximum Gasteiger partial charge on any atom is 0.128 e. The Bertz CT molecular complexity index is 662. The maximum absolute atomic E-state index is 9.07. The number of hydrogen-bond acceptors (Lipinski definition) is 4. The van der Waals surface area contributed by atoms with Gasteiger partial charge in [0.05, 0.1) is 25.4 Å². The van der Waals surface area contributed by atoms with Crippen molar-refractivity contribution in [2.24, 2.45) is 0 Å². The van der Waals surface area contributed by atoms with Crippen LogP contribution in [0.5, 0.6) is 5.75 Å². The van der Waals surface area contributed by atoms with E-state index in [1.165, 1.54) is 5.56 Å². The number of aromatic nitrogens is 1. The van der Waals surface area contributed by atoms with Crippen molar-refractivity contribution in [3.05, 3.63) is 58.9 Å². The summed E-state index contributed by atoms with van der Waals surface area (Å²) in [4.78, 5) is 6.60. The number of ether oxygens (including phenoxy) is 1. The fourth-order valence-electron chi connectivity index (χ4n) is 2.55. The lowest BCUT2D eigenvalue weighted by Gasteiger charge is -2.21. The summed E-state index contributed by atoms with van der Waals surface area (Å²) in [6, 6.07) is 12.4. The first kappa shape index (κ1) is 16.0. The summed E-state index contributed by atoms with van der Waals surface area (Å²) in [5.74, 6) is 0.876. The van der Waals surface area contributed by atoms with E-state index in [0.717, 1.165) is 29.1 Å². The van der Waals surface area contributed by atoms with Gasteiger partial charge < -0.3 is 4.74 Å². The molecule has 0 saturated carbocycles. The van der Waals surface area contributed by atoms with Crippen LogP contribution in [-0.4, -0.2) is 23.5 Å². The number of benzene rings is 1. The molecule has 114 valence electrons. The van der Waals surface area contributed by atoms with Gasteiger partial charge in [0.2, 0.25) is 0 Å². The van der Waals surface area contributed by atoms with E-state index in [1.54, 1.807) is 7.11 Å². The van der Waals surface area contributed by atoms with E-state index in [1.807, 2.05) is 38.2 Å². The molecule has 0 amide bonds. The first-order valence-corrected chi connectivity index (χ1v) is 7.28. The summed E-state index contributed by atoms with van der Waals surface area (Å²) in [5, 5.41) is 9.07. The minimum Gasteiger partial charge on any atom is -0.496 e. The molecule has 1 heterocycles. The minimum absolute atomic E-state index is 0.367. The molecule has 0 radical (unpaired) electrons. The molecule has 4 heteroatoms. The normalized spacial score (nSPS) is 10.5. The van der Waals surface area contributed by atoms with E-state index in [4.69, 9.17) is 10.00 Å². The largest absolute Gasteiger partial charge is 0.496 e. The monoisotopic (exact) mass is 295 g/mol. The van der Waals surface area contributed by atoms with Crippen molar-refractivity contribution >= 4 is 0 Å². The number of pyridine rings is 1. The SMILES string of the molecule is COc1c(C)cnc(CN(CC#N)Cc2ccccc2)c1C. The van der Waals surface area contributed by atoms with Crippen LogP contribution in [0.2, 0.25) is 0 Å². The van der Waals surface area contributed by atoms with E-state index in [9.17, 15) is 0 Å². The highest BCUT2D eigenvalue weighted by atomic mass is 16.5. The predicted octanol–water partition coefficient (Wildman–Crippen LogP) is 3.23. The van der Waals surface area contributed by atoms with Crippen LogP contribution in [0.3, 0.4) is 0 Å². The average molecular weight is 295 g/mol. The van der Waals surface area contributed by atoms with Crippen LogP contribution in [0, 0.1) is 25.2 Å². The van der Waals surface area contributed by atoms with Crippen molar-refractivity contribution in [1.82, 2.24) is 9.88 Å². The van der Waals surface area contributed by atoms with Gasteiger partial charge in [-0.25, -0.2) is 0 Å². The number of rotatable bonds is 6. The van der Waals surface area contributed by atoms with Crippen LogP contribution in [0.15, 0.2) is 36.5 Å². The molecule has 0 atom stereocenters. The molecule has 1 aromatic heterocycles. The molecule has 0 saturated heterocycles. The standard InChI is InChI=1S/C18H21N3O/c1-14-11-20-17(15(2)18(14)22-3)13-21(10-9-19)12-16-7-5-4-6-8-16/h4-8,11H,10,12-13H2,1-3H3. The van der Waals surface area contributed by atoms with Crippen molar-refractivity contribution in [2.75, 3.05) is 13.7 Å². The second-order valence-corrected chi connectivity index (χ2v) is 5.34. The third-order valence-electron chi connectivity index (χ3n) is 3.67. The van der Waals surface area contributed by atoms with Gasteiger partial charge in [0.25, 0.3) is 0 Å². The van der Waals surface area contributed by atoms with Gasteiger partial charge in [-0.15, -0.1) is 0 Å². The van der Waals surface area contributed by atoms with Gasteiger partial charge >= 0.3 is 0 Å². The van der Waals surface area contributed by atoms with Crippen molar-refractivity contribution < 1.29 is 4.74 Å². The number of nitriles is 1. The fourth-order valence-corrected chi connectivity index (χ4v) is 2.55. The minimum atomic E-state index is 0.367. The number of hydrogen-bond donors (Lipinski definition) is 0. The van der Waals surface area contributed by atoms with E-state index in [-0.39, 0.29) is 0 Å².